The van der Waals surface area contributed by atoms with Crippen LogP contribution < -0.4 is 9.62 Å². The summed E-state index contributed by atoms with van der Waals surface area (Å²) < 4.78 is 27.5. The fourth-order valence-corrected chi connectivity index (χ4v) is 5.15. The number of hydrogen-bond acceptors (Lipinski definition) is 4. The zero-order valence-electron chi connectivity index (χ0n) is 21.9. The molecule has 0 heterocycles. The summed E-state index contributed by atoms with van der Waals surface area (Å²) in [5.74, 6) is -0.742. The molecule has 3 rings (SSSR count). The van der Waals surface area contributed by atoms with Gasteiger partial charge in [0.2, 0.25) is 21.8 Å². The Morgan fingerprint density at radius 2 is 1.55 bits per heavy atom. The van der Waals surface area contributed by atoms with Crippen LogP contribution in [0.15, 0.2) is 83.3 Å². The first-order chi connectivity index (χ1) is 18.1. The highest BCUT2D eigenvalue weighted by atomic mass is 79.9. The van der Waals surface area contributed by atoms with Gasteiger partial charge in [0.15, 0.2) is 0 Å². The molecular formula is C29H34BrN3O4S. The van der Waals surface area contributed by atoms with Crippen LogP contribution in [0.5, 0.6) is 0 Å². The topological polar surface area (TPSA) is 86.8 Å². The number of anilines is 1. The van der Waals surface area contributed by atoms with Gasteiger partial charge in [-0.25, -0.2) is 8.42 Å². The van der Waals surface area contributed by atoms with Crippen LogP contribution in [0.3, 0.4) is 0 Å². The maximum atomic E-state index is 14.0. The molecule has 0 aromatic heterocycles. The van der Waals surface area contributed by atoms with Crippen molar-refractivity contribution in [3.8, 4) is 0 Å². The van der Waals surface area contributed by atoms with Crippen molar-refractivity contribution < 1.29 is 18.0 Å². The molecule has 0 aliphatic carbocycles. The minimum atomic E-state index is -3.78. The van der Waals surface area contributed by atoms with E-state index in [0.717, 1.165) is 38.1 Å². The number of nitrogens with one attached hydrogen (secondary N) is 1. The van der Waals surface area contributed by atoms with Crippen LogP contribution in [0.4, 0.5) is 5.69 Å². The SMILES string of the molecule is CCCNC(=O)C(Cc1ccccc1)N(Cc1ccc(Br)cc1)C(=O)CN(c1ccc(C)cc1)S(C)(=O)=O. The first-order valence-corrected chi connectivity index (χ1v) is 15.1. The van der Waals surface area contributed by atoms with Crippen molar-refractivity contribution >= 4 is 43.5 Å². The van der Waals surface area contributed by atoms with E-state index in [0.29, 0.717) is 18.7 Å². The average Bonchev–Trinajstić information content (AvgIpc) is 2.89. The molecule has 1 unspecified atom stereocenters. The summed E-state index contributed by atoms with van der Waals surface area (Å²) >= 11 is 3.43. The lowest BCUT2D eigenvalue weighted by atomic mass is 10.0. The normalized spacial score (nSPS) is 12.0. The Labute approximate surface area is 234 Å². The Balaban J connectivity index is 2.02. The lowest BCUT2D eigenvalue weighted by Crippen LogP contribution is -2.53. The van der Waals surface area contributed by atoms with Gasteiger partial charge in [-0.15, -0.1) is 0 Å². The quantitative estimate of drug-likeness (QED) is 0.327. The second kappa shape index (κ2) is 13.6. The van der Waals surface area contributed by atoms with Gasteiger partial charge in [0.05, 0.1) is 11.9 Å². The number of sulfonamides is 1. The van der Waals surface area contributed by atoms with Crippen molar-refractivity contribution in [1.82, 2.24) is 10.2 Å². The van der Waals surface area contributed by atoms with Crippen molar-refractivity contribution in [1.29, 1.82) is 0 Å². The highest BCUT2D eigenvalue weighted by Crippen LogP contribution is 2.21. The molecular weight excluding hydrogens is 566 g/mol. The molecule has 38 heavy (non-hydrogen) atoms. The Kier molecular flexibility index (Phi) is 10.5. The Hall–Kier alpha value is -3.17. The van der Waals surface area contributed by atoms with Crippen LogP contribution in [0.1, 0.15) is 30.0 Å². The molecule has 0 bridgehead atoms. The van der Waals surface area contributed by atoms with Gasteiger partial charge in [0.1, 0.15) is 12.6 Å². The highest BCUT2D eigenvalue weighted by Gasteiger charge is 2.32. The number of benzene rings is 3. The molecule has 2 amide bonds. The Bertz CT molecular complexity index is 1310. The second-order valence-corrected chi connectivity index (χ2v) is 12.1. The van der Waals surface area contributed by atoms with Crippen molar-refractivity contribution in [3.63, 3.8) is 0 Å². The predicted molar refractivity (Wildman–Crippen MR) is 155 cm³/mol. The summed E-state index contributed by atoms with van der Waals surface area (Å²) in [5.41, 5.74) is 3.09. The number of rotatable bonds is 12. The molecule has 3 aromatic rings. The maximum Gasteiger partial charge on any atom is 0.244 e. The van der Waals surface area contributed by atoms with Crippen LogP contribution in [-0.2, 0) is 32.6 Å². The van der Waals surface area contributed by atoms with E-state index in [1.54, 1.807) is 24.3 Å². The number of carbonyl (C=O) groups is 2. The number of carbonyl (C=O) groups excluding carboxylic acids is 2. The van der Waals surface area contributed by atoms with Crippen LogP contribution in [0.25, 0.3) is 0 Å². The molecule has 0 saturated heterocycles. The van der Waals surface area contributed by atoms with E-state index < -0.39 is 28.5 Å². The zero-order valence-corrected chi connectivity index (χ0v) is 24.3. The van der Waals surface area contributed by atoms with E-state index >= 15 is 0 Å². The van der Waals surface area contributed by atoms with E-state index in [2.05, 4.69) is 21.2 Å². The van der Waals surface area contributed by atoms with E-state index in [4.69, 9.17) is 0 Å². The predicted octanol–water partition coefficient (Wildman–Crippen LogP) is 4.69. The van der Waals surface area contributed by atoms with Crippen molar-refractivity contribution in [2.24, 2.45) is 0 Å². The fraction of sp³-hybridized carbons (Fsp3) is 0.310. The van der Waals surface area contributed by atoms with Gasteiger partial charge >= 0.3 is 0 Å². The van der Waals surface area contributed by atoms with E-state index in [1.165, 1.54) is 4.90 Å². The standard InChI is InChI=1S/C29H34BrN3O4S/c1-4-18-31-29(35)27(19-23-8-6-5-7-9-23)32(20-24-12-14-25(30)15-13-24)28(34)21-33(38(3,36)37)26-16-10-22(2)11-17-26/h5-17,27H,4,18-21H2,1-3H3,(H,31,35). The number of halogens is 1. The molecule has 9 heteroatoms. The summed E-state index contributed by atoms with van der Waals surface area (Å²) in [5, 5.41) is 2.93. The summed E-state index contributed by atoms with van der Waals surface area (Å²) in [6.07, 6.45) is 2.12. The largest absolute Gasteiger partial charge is 0.354 e. The lowest BCUT2D eigenvalue weighted by Gasteiger charge is -2.33. The van der Waals surface area contributed by atoms with Crippen molar-refractivity contribution in [3.05, 3.63) is 100 Å². The molecule has 1 N–H and O–H groups in total. The molecule has 1 atom stereocenters. The molecule has 202 valence electrons. The third kappa shape index (κ3) is 8.43. The molecule has 7 nitrogen and oxygen atoms in total. The first kappa shape index (κ1) is 29.4. The minimum Gasteiger partial charge on any atom is -0.354 e. The van der Waals surface area contributed by atoms with E-state index in [1.807, 2.05) is 68.4 Å². The number of hydrogen-bond donors (Lipinski definition) is 1. The van der Waals surface area contributed by atoms with Gasteiger partial charge in [-0.05, 0) is 48.7 Å². The number of amides is 2. The summed E-state index contributed by atoms with van der Waals surface area (Å²) in [6.45, 7) is 4.06. The number of aryl methyl sites for hydroxylation is 1. The van der Waals surface area contributed by atoms with Gasteiger partial charge in [0, 0.05) is 24.0 Å². The summed E-state index contributed by atoms with van der Waals surface area (Å²) in [7, 11) is -3.78. The molecule has 0 aliphatic heterocycles. The molecule has 0 radical (unpaired) electrons. The molecule has 0 spiro atoms. The second-order valence-electron chi connectivity index (χ2n) is 9.25. The van der Waals surface area contributed by atoms with Gasteiger partial charge in [-0.1, -0.05) is 83.0 Å². The first-order valence-electron chi connectivity index (χ1n) is 12.5. The monoisotopic (exact) mass is 599 g/mol. The maximum absolute atomic E-state index is 14.0. The minimum absolute atomic E-state index is 0.147. The molecule has 0 aliphatic rings. The number of nitrogens with zero attached hydrogens (tertiary/aromatic N) is 2. The summed E-state index contributed by atoms with van der Waals surface area (Å²) in [6, 6.07) is 23.1. The van der Waals surface area contributed by atoms with Crippen LogP contribution >= 0.6 is 15.9 Å². The molecule has 3 aromatic carbocycles. The third-order valence-corrected chi connectivity index (χ3v) is 7.76. The molecule has 0 saturated carbocycles. The summed E-state index contributed by atoms with van der Waals surface area (Å²) in [4.78, 5) is 28.9. The van der Waals surface area contributed by atoms with E-state index in [9.17, 15) is 18.0 Å². The Morgan fingerprint density at radius 3 is 2.13 bits per heavy atom. The fourth-order valence-electron chi connectivity index (χ4n) is 4.03. The van der Waals surface area contributed by atoms with Gasteiger partial charge in [0.25, 0.3) is 0 Å². The van der Waals surface area contributed by atoms with Crippen LogP contribution in [0.2, 0.25) is 0 Å². The van der Waals surface area contributed by atoms with Crippen LogP contribution in [-0.4, -0.2) is 50.5 Å². The van der Waals surface area contributed by atoms with Crippen molar-refractivity contribution in [2.75, 3.05) is 23.7 Å². The smallest absolute Gasteiger partial charge is 0.244 e. The Morgan fingerprint density at radius 1 is 0.921 bits per heavy atom. The van der Waals surface area contributed by atoms with Gasteiger partial charge < -0.3 is 10.2 Å². The van der Waals surface area contributed by atoms with Gasteiger partial charge in [-0.3, -0.25) is 13.9 Å². The average molecular weight is 601 g/mol. The lowest BCUT2D eigenvalue weighted by molar-refractivity contribution is -0.140. The van der Waals surface area contributed by atoms with Crippen molar-refractivity contribution in [2.45, 2.75) is 39.3 Å². The highest BCUT2D eigenvalue weighted by molar-refractivity contribution is 9.10. The molecule has 0 fully saturated rings. The van der Waals surface area contributed by atoms with Crippen LogP contribution in [0, 0.1) is 6.92 Å². The zero-order chi connectivity index (χ0) is 27.7. The van der Waals surface area contributed by atoms with E-state index in [-0.39, 0.29) is 12.5 Å². The third-order valence-electron chi connectivity index (χ3n) is 6.09. The van der Waals surface area contributed by atoms with Gasteiger partial charge in [-0.2, -0.15) is 0 Å².